The number of nitrogens with one attached hydrogen (secondary N) is 1. The van der Waals surface area contributed by atoms with Gasteiger partial charge in [-0.05, 0) is 67.8 Å². The number of aryl methyl sites for hydroxylation is 2. The molecule has 0 bridgehead atoms. The zero-order valence-corrected chi connectivity index (χ0v) is 17.9. The summed E-state index contributed by atoms with van der Waals surface area (Å²) in [6.45, 7) is 4.18. The predicted molar refractivity (Wildman–Crippen MR) is 109 cm³/mol. The number of thiophene rings is 1. The van der Waals surface area contributed by atoms with Crippen LogP contribution in [0.25, 0.3) is 0 Å². The van der Waals surface area contributed by atoms with Crippen LogP contribution in [-0.4, -0.2) is 35.7 Å². The van der Waals surface area contributed by atoms with E-state index >= 15 is 0 Å². The monoisotopic (exact) mass is 428 g/mol. The molecule has 1 aromatic carbocycles. The van der Waals surface area contributed by atoms with Crippen LogP contribution in [0.5, 0.6) is 0 Å². The largest absolute Gasteiger partial charge is 0.270 e. The van der Waals surface area contributed by atoms with Crippen LogP contribution in [0.15, 0.2) is 34.5 Å². The molecule has 0 amide bonds. The van der Waals surface area contributed by atoms with E-state index in [2.05, 4.69) is 4.72 Å². The van der Waals surface area contributed by atoms with E-state index in [1.807, 2.05) is 17.5 Å². The summed E-state index contributed by atoms with van der Waals surface area (Å²) in [5, 5.41) is 1.96. The Hall–Kier alpha value is -1.42. The molecular formula is C18H24N2O4S3. The SMILES string of the molecule is Cc1cc(N2CCCCS2(=O)=O)cc(C)c1S(=O)(=O)NCCc1cccs1. The normalized spacial score (nSPS) is 17.2. The molecule has 0 spiro atoms. The van der Waals surface area contributed by atoms with Gasteiger partial charge >= 0.3 is 0 Å². The number of benzene rings is 1. The number of anilines is 1. The lowest BCUT2D eigenvalue weighted by atomic mass is 10.1. The summed E-state index contributed by atoms with van der Waals surface area (Å²) in [4.78, 5) is 1.35. The average molecular weight is 429 g/mol. The van der Waals surface area contributed by atoms with E-state index in [-0.39, 0.29) is 10.6 Å². The van der Waals surface area contributed by atoms with Crippen molar-refractivity contribution >= 4 is 37.1 Å². The molecule has 0 aliphatic carbocycles. The van der Waals surface area contributed by atoms with Crippen molar-refractivity contribution in [3.8, 4) is 0 Å². The first kappa shape index (κ1) is 20.3. The molecule has 9 heteroatoms. The van der Waals surface area contributed by atoms with Crippen molar-refractivity contribution in [3.05, 3.63) is 45.6 Å². The second-order valence-corrected chi connectivity index (χ2v) is 11.5. The first-order chi connectivity index (χ1) is 12.7. The Morgan fingerprint density at radius 2 is 1.89 bits per heavy atom. The highest BCUT2D eigenvalue weighted by molar-refractivity contribution is 7.92. The highest BCUT2D eigenvalue weighted by atomic mass is 32.2. The van der Waals surface area contributed by atoms with Gasteiger partial charge in [0.2, 0.25) is 20.0 Å². The summed E-state index contributed by atoms with van der Waals surface area (Å²) < 4.78 is 54.3. The van der Waals surface area contributed by atoms with Crippen LogP contribution in [0.2, 0.25) is 0 Å². The molecule has 2 heterocycles. The maximum Gasteiger partial charge on any atom is 0.241 e. The molecule has 0 atom stereocenters. The molecule has 0 unspecified atom stereocenters. The van der Waals surface area contributed by atoms with E-state index in [1.54, 1.807) is 37.3 Å². The van der Waals surface area contributed by atoms with Crippen molar-refractivity contribution in [2.45, 2.75) is 38.0 Å². The van der Waals surface area contributed by atoms with Crippen LogP contribution < -0.4 is 9.03 Å². The smallest absolute Gasteiger partial charge is 0.241 e. The lowest BCUT2D eigenvalue weighted by Crippen LogP contribution is -2.38. The summed E-state index contributed by atoms with van der Waals surface area (Å²) in [7, 11) is -6.99. The van der Waals surface area contributed by atoms with E-state index in [4.69, 9.17) is 0 Å². The first-order valence-corrected chi connectivity index (χ1v) is 12.8. The molecular weight excluding hydrogens is 404 g/mol. The zero-order valence-electron chi connectivity index (χ0n) is 15.4. The van der Waals surface area contributed by atoms with E-state index in [9.17, 15) is 16.8 Å². The number of sulfonamides is 2. The minimum absolute atomic E-state index is 0.134. The molecule has 0 saturated carbocycles. The van der Waals surface area contributed by atoms with E-state index in [1.165, 1.54) is 4.31 Å². The van der Waals surface area contributed by atoms with E-state index in [0.29, 0.717) is 42.7 Å². The molecule has 1 aliphatic heterocycles. The Morgan fingerprint density at radius 3 is 2.48 bits per heavy atom. The summed E-state index contributed by atoms with van der Waals surface area (Å²) in [6, 6.07) is 7.23. The molecule has 1 saturated heterocycles. The Morgan fingerprint density at radius 1 is 1.19 bits per heavy atom. The highest BCUT2D eigenvalue weighted by Gasteiger charge is 2.28. The van der Waals surface area contributed by atoms with Crippen LogP contribution in [0.1, 0.15) is 28.8 Å². The van der Waals surface area contributed by atoms with E-state index in [0.717, 1.165) is 11.3 Å². The Kier molecular flexibility index (Phi) is 5.95. The zero-order chi connectivity index (χ0) is 19.7. The van der Waals surface area contributed by atoms with Gasteiger partial charge in [0.05, 0.1) is 16.3 Å². The minimum Gasteiger partial charge on any atom is -0.270 e. The van der Waals surface area contributed by atoms with Gasteiger partial charge < -0.3 is 0 Å². The van der Waals surface area contributed by atoms with Crippen molar-refractivity contribution in [1.82, 2.24) is 4.72 Å². The van der Waals surface area contributed by atoms with E-state index < -0.39 is 20.0 Å². The predicted octanol–water partition coefficient (Wildman–Crippen LogP) is 2.82. The lowest BCUT2D eigenvalue weighted by Gasteiger charge is -2.29. The molecule has 148 valence electrons. The van der Waals surface area contributed by atoms with Gasteiger partial charge in [0.15, 0.2) is 0 Å². The maximum atomic E-state index is 12.8. The Labute approximate surface area is 165 Å². The number of hydrogen-bond acceptors (Lipinski definition) is 5. The molecule has 3 rings (SSSR count). The van der Waals surface area contributed by atoms with Gasteiger partial charge in [-0.2, -0.15) is 0 Å². The van der Waals surface area contributed by atoms with Crippen LogP contribution in [0, 0.1) is 13.8 Å². The number of rotatable bonds is 6. The lowest BCUT2D eigenvalue weighted by molar-refractivity contribution is 0.574. The quantitative estimate of drug-likeness (QED) is 0.767. The number of hydrogen-bond donors (Lipinski definition) is 1. The van der Waals surface area contributed by atoms with Crippen LogP contribution in [-0.2, 0) is 26.5 Å². The fourth-order valence-electron chi connectivity index (χ4n) is 3.41. The van der Waals surface area contributed by atoms with Crippen LogP contribution in [0.4, 0.5) is 5.69 Å². The minimum atomic E-state index is -3.66. The molecule has 1 fully saturated rings. The third-order valence-electron chi connectivity index (χ3n) is 4.59. The van der Waals surface area contributed by atoms with Gasteiger partial charge in [0.25, 0.3) is 0 Å². The first-order valence-electron chi connectivity index (χ1n) is 8.84. The van der Waals surface area contributed by atoms with Crippen LogP contribution in [0.3, 0.4) is 0 Å². The Bertz CT molecular complexity index is 990. The summed E-state index contributed by atoms with van der Waals surface area (Å²) >= 11 is 1.60. The van der Waals surface area contributed by atoms with Crippen molar-refractivity contribution < 1.29 is 16.8 Å². The Balaban J connectivity index is 1.83. The average Bonchev–Trinajstić information content (AvgIpc) is 3.06. The topological polar surface area (TPSA) is 83.6 Å². The van der Waals surface area contributed by atoms with Gasteiger partial charge in [-0.25, -0.2) is 21.6 Å². The molecule has 1 aliphatic rings. The van der Waals surface area contributed by atoms with Gasteiger partial charge in [-0.1, -0.05) is 6.07 Å². The van der Waals surface area contributed by atoms with Crippen molar-refractivity contribution in [2.24, 2.45) is 0 Å². The molecule has 0 radical (unpaired) electrons. The molecule has 1 N–H and O–H groups in total. The summed E-state index contributed by atoms with van der Waals surface area (Å²) in [5.74, 6) is 0.134. The summed E-state index contributed by atoms with van der Waals surface area (Å²) in [6.07, 6.45) is 2.11. The van der Waals surface area contributed by atoms with Gasteiger partial charge in [-0.3, -0.25) is 4.31 Å². The fourth-order valence-corrected chi connectivity index (χ4v) is 7.22. The summed E-state index contributed by atoms with van der Waals surface area (Å²) in [5.41, 5.74) is 1.64. The number of nitrogens with zero attached hydrogens (tertiary/aromatic N) is 1. The third kappa shape index (κ3) is 4.53. The second-order valence-electron chi connectivity index (χ2n) is 6.73. The molecule has 27 heavy (non-hydrogen) atoms. The third-order valence-corrected chi connectivity index (χ3v) is 9.17. The van der Waals surface area contributed by atoms with Crippen molar-refractivity contribution in [3.63, 3.8) is 0 Å². The van der Waals surface area contributed by atoms with Gasteiger partial charge in [-0.15, -0.1) is 11.3 Å². The van der Waals surface area contributed by atoms with Crippen molar-refractivity contribution in [1.29, 1.82) is 0 Å². The molecule has 2 aromatic rings. The molecule has 6 nitrogen and oxygen atoms in total. The molecule has 1 aromatic heterocycles. The van der Waals surface area contributed by atoms with Gasteiger partial charge in [0, 0.05) is 18.0 Å². The highest BCUT2D eigenvalue weighted by Crippen LogP contribution is 2.30. The van der Waals surface area contributed by atoms with Crippen LogP contribution >= 0.6 is 11.3 Å². The standard InChI is InChI=1S/C18H24N2O4S3/c1-14-12-16(20-9-3-4-11-26(20,21)22)13-15(2)18(14)27(23,24)19-8-7-17-6-5-10-25-17/h5-6,10,12-13,19H,3-4,7-9,11H2,1-2H3. The van der Waals surface area contributed by atoms with Gasteiger partial charge in [0.1, 0.15) is 0 Å². The second kappa shape index (κ2) is 7.90. The van der Waals surface area contributed by atoms with Crippen molar-refractivity contribution in [2.75, 3.05) is 23.1 Å². The fraction of sp³-hybridized carbons (Fsp3) is 0.444. The maximum absolute atomic E-state index is 12.8.